The maximum atomic E-state index is 13.3. The van der Waals surface area contributed by atoms with E-state index in [1.807, 2.05) is 54.5 Å². The fourth-order valence-corrected chi connectivity index (χ4v) is 10.5. The van der Waals surface area contributed by atoms with E-state index in [9.17, 15) is 34.8 Å². The van der Waals surface area contributed by atoms with E-state index in [2.05, 4.69) is 19.2 Å². The fourth-order valence-electron chi connectivity index (χ4n) is 10.5. The largest absolute Gasteiger partial charge is 2.00 e. The van der Waals surface area contributed by atoms with Crippen molar-refractivity contribution in [2.45, 2.75) is 139 Å². The summed E-state index contributed by atoms with van der Waals surface area (Å²) in [7, 11) is 0. The Morgan fingerprint density at radius 3 is 1.95 bits per heavy atom. The Hall–Kier alpha value is -4.23. The Bertz CT molecular complexity index is 1990. The summed E-state index contributed by atoms with van der Waals surface area (Å²) in [6.07, 6.45) is 4.63. The molecule has 15 N–H and O–H groups in total. The summed E-state index contributed by atoms with van der Waals surface area (Å²) < 4.78 is 0. The summed E-state index contributed by atoms with van der Waals surface area (Å²) in [5.41, 5.74) is 47.1. The number of hydrogen-bond acceptors (Lipinski definition) is 11. The number of rotatable bonds is 24. The smallest absolute Gasteiger partial charge is 0.702 e. The first-order chi connectivity index (χ1) is 29.6. The molecule has 0 aromatic heterocycles. The number of primary amides is 4. The summed E-state index contributed by atoms with van der Waals surface area (Å²) >= 11 is 0. The molecule has 0 aromatic rings. The van der Waals surface area contributed by atoms with Crippen LogP contribution in [0, 0.1) is 58.7 Å². The minimum Gasteiger partial charge on any atom is -0.702 e. The van der Waals surface area contributed by atoms with Crippen LogP contribution in [0.4, 0.5) is 0 Å². The Labute approximate surface area is 403 Å². The molecular formula is C48H81CoN11O6. The van der Waals surface area contributed by atoms with Crippen molar-refractivity contribution in [2.75, 3.05) is 19.6 Å². The van der Waals surface area contributed by atoms with E-state index in [-0.39, 0.29) is 106 Å². The van der Waals surface area contributed by atoms with E-state index in [4.69, 9.17) is 49.4 Å². The van der Waals surface area contributed by atoms with Crippen molar-refractivity contribution in [3.63, 3.8) is 0 Å². The summed E-state index contributed by atoms with van der Waals surface area (Å²) in [4.78, 5) is 77.8. The Kier molecular flexibility index (Phi) is 21.9. The third kappa shape index (κ3) is 13.5. The quantitative estimate of drug-likeness (QED) is 0.0643. The molecule has 5 amide bonds. The fraction of sp³-hybridized carbons (Fsp3) is 0.688. The zero-order chi connectivity index (χ0) is 48.7. The monoisotopic (exact) mass is 967 g/mol. The second-order valence-electron chi connectivity index (χ2n) is 20.2. The van der Waals surface area contributed by atoms with Gasteiger partial charge in [0.05, 0.1) is 12.1 Å². The Balaban J connectivity index is 0.0000109. The molecule has 0 spiro atoms. The number of hydrogen-bond donors (Lipinski definition) is 8. The van der Waals surface area contributed by atoms with Gasteiger partial charge in [0.15, 0.2) is 0 Å². The van der Waals surface area contributed by atoms with Crippen molar-refractivity contribution < 1.29 is 45.9 Å². The molecule has 3 rings (SSSR count). The molecule has 0 saturated heterocycles. The predicted molar refractivity (Wildman–Crippen MR) is 259 cm³/mol. The molecule has 17 nitrogen and oxygen atoms in total. The summed E-state index contributed by atoms with van der Waals surface area (Å²) in [5.74, 6) is -3.87. The van der Waals surface area contributed by atoms with Crippen LogP contribution in [0.1, 0.15) is 127 Å². The molecule has 0 saturated carbocycles. The number of nitrogens with two attached hydrogens (primary N) is 6. The summed E-state index contributed by atoms with van der Waals surface area (Å²) in [6, 6.07) is -0.443. The van der Waals surface area contributed by atoms with Crippen LogP contribution in [0.15, 0.2) is 49.3 Å². The molecule has 0 bridgehead atoms. The van der Waals surface area contributed by atoms with Gasteiger partial charge in [-0.05, 0) is 95.4 Å². The zero-order valence-electron chi connectivity index (χ0n) is 41.3. The molecule has 0 fully saturated rings. The normalized spacial score (nSPS) is 27.9. The van der Waals surface area contributed by atoms with E-state index < -0.39 is 63.4 Å². The number of nitrogens with one attached hydrogen (secondary N) is 2. The number of aliphatic hydroxyl groups is 1. The van der Waals surface area contributed by atoms with Crippen molar-refractivity contribution in [2.24, 2.45) is 101 Å². The van der Waals surface area contributed by atoms with Gasteiger partial charge in [-0.3, -0.25) is 38.9 Å². The third-order valence-corrected chi connectivity index (χ3v) is 14.8. The van der Waals surface area contributed by atoms with Crippen LogP contribution in [0.25, 0.3) is 5.73 Å². The zero-order valence-corrected chi connectivity index (χ0v) is 42.3. The van der Waals surface area contributed by atoms with E-state index in [1.165, 1.54) is 0 Å². The molecule has 3 aliphatic rings. The van der Waals surface area contributed by atoms with Crippen LogP contribution < -0.4 is 39.7 Å². The maximum absolute atomic E-state index is 13.3. The van der Waals surface area contributed by atoms with Crippen LogP contribution in [0.5, 0.6) is 0 Å². The SMILES string of the molecule is CC(C)=C([NH-])C(CCC(N)=O)C(C)(CN)C(C)C1N=C(/C(C)=C2N=C(/C=C3\N=CC(C)(CC(N)=O)C3CCC(N)=O)C(C)(C)C\2CCC(N)=O)C(C)(CCC(=O)NCC(C)O)C1CN.[CH3-].[Co+2]. The topological polar surface area (TPSA) is 335 Å². The first kappa shape index (κ1) is 59.8. The molecule has 0 aromatic carbocycles. The van der Waals surface area contributed by atoms with E-state index in [0.29, 0.717) is 54.2 Å². The molecule has 10 unspecified atom stereocenters. The van der Waals surface area contributed by atoms with Gasteiger partial charge in [-0.25, -0.2) is 0 Å². The standard InChI is InChI=1S/C47H78N11O6.CH3.Co/c1-25(2)40(54)30(12-15-36(51)61)47(10,23-49)28(5)42-32(21-48)46(9,18-17-39(64)55-22-26(3)59)43(58-42)27(4)41-31(13-16-37(52)62)44(6,7)34(57-41)19-33-29(11-14-35(50)60)45(8,24-56-33)20-38(53)63;;/h19,24,26,28-32,42,54,59H,11-18,20-23,48-49H2,1-10H3,(H2,50,60)(H2,51,61)(H2,52,62)(H2,53,63)(H,55,64);1H3;/q2*-1;+2/b33-19-,41-27-;;. The molecule has 373 valence electrons. The van der Waals surface area contributed by atoms with E-state index in [1.54, 1.807) is 13.1 Å². The van der Waals surface area contributed by atoms with Gasteiger partial charge in [0.2, 0.25) is 29.5 Å². The second-order valence-corrected chi connectivity index (χ2v) is 20.2. The van der Waals surface area contributed by atoms with Crippen LogP contribution in [-0.2, 0) is 40.8 Å². The van der Waals surface area contributed by atoms with Crippen LogP contribution in [0.2, 0.25) is 0 Å². The van der Waals surface area contributed by atoms with E-state index in [0.717, 1.165) is 11.1 Å². The molecule has 66 heavy (non-hydrogen) atoms. The van der Waals surface area contributed by atoms with Gasteiger partial charge in [0.1, 0.15) is 0 Å². The molecule has 3 aliphatic heterocycles. The number of aliphatic imine (C=N–C) groups is 3. The average molecular weight is 967 g/mol. The van der Waals surface area contributed by atoms with Gasteiger partial charge in [0.25, 0.3) is 0 Å². The number of nitrogens with zero attached hydrogens (tertiary/aromatic N) is 3. The van der Waals surface area contributed by atoms with Crippen LogP contribution in [0.3, 0.4) is 0 Å². The third-order valence-electron chi connectivity index (χ3n) is 14.8. The van der Waals surface area contributed by atoms with Crippen LogP contribution in [-0.4, -0.2) is 84.1 Å². The summed E-state index contributed by atoms with van der Waals surface area (Å²) in [6.45, 7) is 19.9. The molecule has 0 aliphatic carbocycles. The number of aliphatic hydroxyl groups excluding tert-OH is 1. The number of amides is 5. The average Bonchev–Trinajstić information content (AvgIpc) is 3.76. The van der Waals surface area contributed by atoms with Crippen molar-refractivity contribution in [3.05, 3.63) is 47.5 Å². The van der Waals surface area contributed by atoms with Gasteiger partial charge in [-0.2, -0.15) is 5.70 Å². The van der Waals surface area contributed by atoms with Gasteiger partial charge >= 0.3 is 16.8 Å². The molecular weight excluding hydrogens is 886 g/mol. The first-order valence-corrected chi connectivity index (χ1v) is 22.6. The van der Waals surface area contributed by atoms with Crippen molar-refractivity contribution in [1.82, 2.24) is 5.32 Å². The van der Waals surface area contributed by atoms with Crippen LogP contribution >= 0.6 is 0 Å². The second kappa shape index (κ2) is 24.2. The molecule has 1 radical (unpaired) electrons. The number of carbonyl (C=O) groups excluding carboxylic acids is 5. The summed E-state index contributed by atoms with van der Waals surface area (Å²) in [5, 5.41) is 12.7. The van der Waals surface area contributed by atoms with Crippen molar-refractivity contribution >= 4 is 47.2 Å². The molecule has 10 atom stereocenters. The Morgan fingerprint density at radius 2 is 1.47 bits per heavy atom. The van der Waals surface area contributed by atoms with Gasteiger partial charge < -0.3 is 58.0 Å². The Morgan fingerprint density at radius 1 is 0.909 bits per heavy atom. The first-order valence-electron chi connectivity index (χ1n) is 22.6. The minimum atomic E-state index is -0.799. The van der Waals surface area contributed by atoms with Crippen molar-refractivity contribution in [3.8, 4) is 0 Å². The number of carbonyl (C=O) groups is 5. The number of allylic oxidation sites excluding steroid dienone is 6. The van der Waals surface area contributed by atoms with E-state index >= 15 is 0 Å². The van der Waals surface area contributed by atoms with Gasteiger partial charge in [-0.15, -0.1) is 0 Å². The van der Waals surface area contributed by atoms with Gasteiger partial charge in [-0.1, -0.05) is 47.1 Å². The minimum absolute atomic E-state index is 0. The maximum Gasteiger partial charge on any atom is 2.00 e. The van der Waals surface area contributed by atoms with Crippen molar-refractivity contribution in [1.29, 1.82) is 0 Å². The molecule has 18 heteroatoms. The van der Waals surface area contributed by atoms with Gasteiger partial charge in [0, 0.05) is 102 Å². The predicted octanol–water partition coefficient (Wildman–Crippen LogP) is 4.31. The molecule has 3 heterocycles.